The summed E-state index contributed by atoms with van der Waals surface area (Å²) in [5, 5.41) is 14.6. The number of benzene rings is 9. The van der Waals surface area contributed by atoms with Crippen LogP contribution in [0.15, 0.2) is 162 Å². The Hall–Kier alpha value is -5.92. The van der Waals surface area contributed by atoms with Crippen LogP contribution in [0.25, 0.3) is 98.1 Å². The van der Waals surface area contributed by atoms with Crippen LogP contribution in [0.3, 0.4) is 0 Å². The Bertz CT molecular complexity index is 2760. The first-order valence-corrected chi connectivity index (χ1v) is 15.5. The van der Waals surface area contributed by atoms with Crippen molar-refractivity contribution in [2.24, 2.45) is 0 Å². The first-order valence-electron chi connectivity index (χ1n) is 15.5. The monoisotopic (exact) mass is 570 g/mol. The van der Waals surface area contributed by atoms with E-state index in [1.54, 1.807) is 0 Å². The molecule has 0 N–H and O–H groups in total. The lowest BCUT2D eigenvalue weighted by Crippen LogP contribution is -1.91. The molecule has 0 aliphatic heterocycles. The largest absolute Gasteiger partial charge is 0.455 e. The van der Waals surface area contributed by atoms with Crippen LogP contribution in [0.5, 0.6) is 0 Å². The molecule has 0 amide bonds. The van der Waals surface area contributed by atoms with Gasteiger partial charge in [-0.05, 0) is 89.3 Å². The second-order valence-corrected chi connectivity index (χ2v) is 12.1. The minimum atomic E-state index is 0.919. The molecule has 0 aliphatic carbocycles. The molecule has 0 bridgehead atoms. The third-order valence-electron chi connectivity index (χ3n) is 9.57. The van der Waals surface area contributed by atoms with Gasteiger partial charge in [0.15, 0.2) is 0 Å². The summed E-state index contributed by atoms with van der Waals surface area (Å²) in [5.74, 6) is 0. The molecule has 1 heteroatoms. The van der Waals surface area contributed by atoms with E-state index in [4.69, 9.17) is 4.42 Å². The van der Waals surface area contributed by atoms with Gasteiger partial charge < -0.3 is 4.42 Å². The van der Waals surface area contributed by atoms with Crippen molar-refractivity contribution in [3.05, 3.63) is 158 Å². The minimum absolute atomic E-state index is 0.919. The molecule has 1 heterocycles. The van der Waals surface area contributed by atoms with E-state index in [2.05, 4.69) is 158 Å². The predicted molar refractivity (Wildman–Crippen MR) is 192 cm³/mol. The normalized spacial score (nSPS) is 12.0. The topological polar surface area (TPSA) is 13.1 Å². The summed E-state index contributed by atoms with van der Waals surface area (Å²) in [6.45, 7) is 0. The highest BCUT2D eigenvalue weighted by atomic mass is 16.3. The van der Waals surface area contributed by atoms with E-state index in [1.165, 1.54) is 75.9 Å². The molecule has 0 aliphatic rings. The van der Waals surface area contributed by atoms with Gasteiger partial charge in [-0.1, -0.05) is 133 Å². The van der Waals surface area contributed by atoms with Crippen LogP contribution in [-0.2, 0) is 0 Å². The fourth-order valence-corrected chi connectivity index (χ4v) is 7.57. The lowest BCUT2D eigenvalue weighted by atomic mass is 9.84. The molecule has 0 unspecified atom stereocenters. The maximum atomic E-state index is 6.92. The van der Waals surface area contributed by atoms with Gasteiger partial charge in [-0.3, -0.25) is 0 Å². The number of rotatable bonds is 2. The Morgan fingerprint density at radius 1 is 0.333 bits per heavy atom. The Morgan fingerprint density at radius 2 is 0.844 bits per heavy atom. The van der Waals surface area contributed by atoms with Crippen molar-refractivity contribution in [1.82, 2.24) is 0 Å². The van der Waals surface area contributed by atoms with E-state index in [-0.39, 0.29) is 0 Å². The van der Waals surface area contributed by atoms with Gasteiger partial charge in [0.05, 0.1) is 0 Å². The van der Waals surface area contributed by atoms with Crippen molar-refractivity contribution in [3.8, 4) is 22.3 Å². The summed E-state index contributed by atoms with van der Waals surface area (Å²) in [5.41, 5.74) is 6.69. The minimum Gasteiger partial charge on any atom is -0.455 e. The van der Waals surface area contributed by atoms with Gasteiger partial charge in [0.25, 0.3) is 0 Å². The molecular weight excluding hydrogens is 544 g/mol. The van der Waals surface area contributed by atoms with Gasteiger partial charge in [0.2, 0.25) is 0 Å². The molecular formula is C44H26O. The first kappa shape index (κ1) is 24.5. The number of fused-ring (bicyclic) bond motifs is 9. The molecule has 0 fully saturated rings. The maximum Gasteiger partial charge on any atom is 0.143 e. The van der Waals surface area contributed by atoms with Gasteiger partial charge in [0.1, 0.15) is 11.2 Å². The SMILES string of the molecule is c1ccc2cc(-c3c4ccccc4c(-c4cc5ccccc5c5c4oc4cc6ccccc6cc45)c4ccccc34)ccc2c1. The Labute approximate surface area is 259 Å². The highest BCUT2D eigenvalue weighted by Crippen LogP contribution is 2.48. The van der Waals surface area contributed by atoms with Crippen molar-refractivity contribution in [3.63, 3.8) is 0 Å². The molecule has 1 aromatic heterocycles. The quantitative estimate of drug-likeness (QED) is 0.188. The molecule has 0 spiro atoms. The van der Waals surface area contributed by atoms with Crippen molar-refractivity contribution < 1.29 is 4.42 Å². The van der Waals surface area contributed by atoms with Crippen molar-refractivity contribution >= 4 is 75.8 Å². The summed E-state index contributed by atoms with van der Waals surface area (Å²) >= 11 is 0. The zero-order chi connectivity index (χ0) is 29.5. The molecule has 0 saturated heterocycles. The second kappa shape index (κ2) is 9.29. The van der Waals surface area contributed by atoms with E-state index in [1.807, 2.05) is 0 Å². The fourth-order valence-electron chi connectivity index (χ4n) is 7.57. The van der Waals surface area contributed by atoms with E-state index in [9.17, 15) is 0 Å². The van der Waals surface area contributed by atoms with Gasteiger partial charge in [-0.25, -0.2) is 0 Å². The molecule has 208 valence electrons. The molecule has 10 rings (SSSR count). The van der Waals surface area contributed by atoms with E-state index in [0.717, 1.165) is 22.1 Å². The van der Waals surface area contributed by atoms with Crippen LogP contribution >= 0.6 is 0 Å². The summed E-state index contributed by atoms with van der Waals surface area (Å²) in [6, 6.07) is 57.3. The Balaban J connectivity index is 1.38. The van der Waals surface area contributed by atoms with Crippen LogP contribution in [-0.4, -0.2) is 0 Å². The van der Waals surface area contributed by atoms with Gasteiger partial charge in [0, 0.05) is 21.9 Å². The standard InChI is InChI=1S/C44H26O/c1-2-12-28-23-32(22-21-27(28)11-1)41-34-17-7-9-19-36(34)42(37-20-10-8-18-35(37)41)39-25-31-15-5-6-16-33(31)43-38-24-29-13-3-4-14-30(29)26-40(38)45-44(39)43/h1-26H. The van der Waals surface area contributed by atoms with Crippen LogP contribution < -0.4 is 0 Å². The molecule has 0 radical (unpaired) electrons. The van der Waals surface area contributed by atoms with E-state index in [0.29, 0.717) is 0 Å². The third kappa shape index (κ3) is 3.56. The maximum absolute atomic E-state index is 6.92. The van der Waals surface area contributed by atoms with Crippen LogP contribution in [0.2, 0.25) is 0 Å². The highest BCUT2D eigenvalue weighted by molar-refractivity contribution is 6.29. The zero-order valence-electron chi connectivity index (χ0n) is 24.4. The summed E-state index contributed by atoms with van der Waals surface area (Å²) < 4.78 is 6.92. The Morgan fingerprint density at radius 3 is 1.51 bits per heavy atom. The summed E-state index contributed by atoms with van der Waals surface area (Å²) in [4.78, 5) is 0. The molecule has 1 nitrogen and oxygen atoms in total. The third-order valence-corrected chi connectivity index (χ3v) is 9.57. The average Bonchev–Trinajstić information content (AvgIpc) is 3.47. The van der Waals surface area contributed by atoms with Crippen LogP contribution in [0, 0.1) is 0 Å². The number of furan rings is 1. The van der Waals surface area contributed by atoms with E-state index >= 15 is 0 Å². The summed E-state index contributed by atoms with van der Waals surface area (Å²) in [6.07, 6.45) is 0. The molecule has 0 atom stereocenters. The number of hydrogen-bond acceptors (Lipinski definition) is 1. The smallest absolute Gasteiger partial charge is 0.143 e. The van der Waals surface area contributed by atoms with Crippen LogP contribution in [0.1, 0.15) is 0 Å². The molecule has 9 aromatic carbocycles. The zero-order valence-corrected chi connectivity index (χ0v) is 24.4. The molecule has 45 heavy (non-hydrogen) atoms. The first-order chi connectivity index (χ1) is 22.3. The highest BCUT2D eigenvalue weighted by Gasteiger charge is 2.22. The lowest BCUT2D eigenvalue weighted by molar-refractivity contribution is 0.671. The van der Waals surface area contributed by atoms with Crippen molar-refractivity contribution in [2.45, 2.75) is 0 Å². The van der Waals surface area contributed by atoms with Gasteiger partial charge >= 0.3 is 0 Å². The van der Waals surface area contributed by atoms with Gasteiger partial charge in [-0.15, -0.1) is 0 Å². The second-order valence-electron chi connectivity index (χ2n) is 12.1. The lowest BCUT2D eigenvalue weighted by Gasteiger charge is -2.18. The molecule has 0 saturated carbocycles. The van der Waals surface area contributed by atoms with Crippen molar-refractivity contribution in [2.75, 3.05) is 0 Å². The predicted octanol–water partition coefficient (Wildman–Crippen LogP) is 12.7. The fraction of sp³-hybridized carbons (Fsp3) is 0. The molecule has 10 aromatic rings. The van der Waals surface area contributed by atoms with Gasteiger partial charge in [-0.2, -0.15) is 0 Å². The van der Waals surface area contributed by atoms with Crippen LogP contribution in [0.4, 0.5) is 0 Å². The van der Waals surface area contributed by atoms with E-state index < -0.39 is 0 Å². The number of hydrogen-bond donors (Lipinski definition) is 0. The average molecular weight is 571 g/mol. The van der Waals surface area contributed by atoms with Crippen molar-refractivity contribution in [1.29, 1.82) is 0 Å². The summed E-state index contributed by atoms with van der Waals surface area (Å²) in [7, 11) is 0. The Kier molecular flexibility index (Phi) is 5.06.